The van der Waals surface area contributed by atoms with Gasteiger partial charge in [0.2, 0.25) is 0 Å². The summed E-state index contributed by atoms with van der Waals surface area (Å²) in [6.45, 7) is 8.21. The van der Waals surface area contributed by atoms with Crippen molar-refractivity contribution < 1.29 is 9.31 Å². The van der Waals surface area contributed by atoms with E-state index >= 15 is 0 Å². The lowest BCUT2D eigenvalue weighted by Gasteiger charge is -2.32. The molecule has 0 radical (unpaired) electrons. The number of nitrogens with zero attached hydrogens (tertiary/aromatic N) is 1. The first-order chi connectivity index (χ1) is 9.36. The molecule has 1 fully saturated rings. The lowest BCUT2D eigenvalue weighted by Crippen LogP contribution is -2.41. The van der Waals surface area contributed by atoms with Crippen LogP contribution in [0, 0.1) is 0 Å². The van der Waals surface area contributed by atoms with Gasteiger partial charge >= 0.3 is 7.12 Å². The van der Waals surface area contributed by atoms with Crippen LogP contribution in [0.3, 0.4) is 0 Å². The van der Waals surface area contributed by atoms with Gasteiger partial charge in [-0.3, -0.25) is 4.98 Å². The van der Waals surface area contributed by atoms with E-state index < -0.39 is 0 Å². The smallest absolute Gasteiger partial charge is 0.399 e. The van der Waals surface area contributed by atoms with E-state index in [0.29, 0.717) is 0 Å². The maximum absolute atomic E-state index is 6.00. The fourth-order valence-electron chi connectivity index (χ4n) is 1.90. The van der Waals surface area contributed by atoms with Crippen molar-refractivity contribution in [3.63, 3.8) is 0 Å². The van der Waals surface area contributed by atoms with Crippen molar-refractivity contribution in [1.29, 1.82) is 0 Å². The van der Waals surface area contributed by atoms with Gasteiger partial charge in [-0.2, -0.15) is 0 Å². The highest BCUT2D eigenvalue weighted by Gasteiger charge is 2.51. The van der Waals surface area contributed by atoms with Crippen molar-refractivity contribution in [3.05, 3.63) is 30.1 Å². The summed E-state index contributed by atoms with van der Waals surface area (Å²) in [7, 11) is -0.340. The molecular formula is C15H21BBrNO2. The molecule has 20 heavy (non-hydrogen) atoms. The monoisotopic (exact) mass is 337 g/mol. The van der Waals surface area contributed by atoms with Crippen LogP contribution in [-0.4, -0.2) is 28.6 Å². The van der Waals surface area contributed by atoms with Crippen molar-refractivity contribution in [1.82, 2.24) is 4.98 Å². The number of alkyl halides is 1. The highest BCUT2D eigenvalue weighted by molar-refractivity contribution is 9.09. The Labute approximate surface area is 130 Å². The van der Waals surface area contributed by atoms with E-state index in [9.17, 15) is 0 Å². The van der Waals surface area contributed by atoms with Gasteiger partial charge < -0.3 is 9.31 Å². The molecule has 1 aromatic rings. The van der Waals surface area contributed by atoms with Crippen LogP contribution in [0.5, 0.6) is 0 Å². The molecule has 2 rings (SSSR count). The average molecular weight is 338 g/mol. The first-order valence-corrected chi connectivity index (χ1v) is 8.02. The minimum absolute atomic E-state index is 0.313. The topological polar surface area (TPSA) is 31.4 Å². The Kier molecular flexibility index (Phi) is 4.72. The third kappa shape index (κ3) is 3.33. The van der Waals surface area contributed by atoms with Gasteiger partial charge in [-0.15, -0.1) is 0 Å². The summed E-state index contributed by atoms with van der Waals surface area (Å²) in [5.41, 5.74) is 1.28. The van der Waals surface area contributed by atoms with Crippen LogP contribution in [0.4, 0.5) is 0 Å². The van der Waals surface area contributed by atoms with Crippen LogP contribution in [0.15, 0.2) is 24.4 Å². The molecule has 5 heteroatoms. The van der Waals surface area contributed by atoms with Crippen LogP contribution in [0.2, 0.25) is 0 Å². The maximum atomic E-state index is 6.00. The predicted octanol–water partition coefficient (Wildman–Crippen LogP) is 3.18. The number of hydrogen-bond donors (Lipinski definition) is 0. The van der Waals surface area contributed by atoms with E-state index in [0.717, 1.165) is 22.9 Å². The van der Waals surface area contributed by atoms with Gasteiger partial charge in [0.05, 0.1) is 16.9 Å². The minimum Gasteiger partial charge on any atom is -0.399 e. The van der Waals surface area contributed by atoms with Crippen molar-refractivity contribution in [2.24, 2.45) is 0 Å². The number of rotatable bonds is 4. The first kappa shape index (κ1) is 15.7. The fourth-order valence-corrected chi connectivity index (χ4v) is 2.17. The molecule has 0 atom stereocenters. The molecule has 1 saturated heterocycles. The highest BCUT2D eigenvalue weighted by Crippen LogP contribution is 2.36. The molecule has 0 bridgehead atoms. The maximum Gasteiger partial charge on any atom is 0.496 e. The SMILES string of the molecule is CC1(C)OB(c2ccc(C=CCCBr)nc2)OC1(C)C. The summed E-state index contributed by atoms with van der Waals surface area (Å²) in [5, 5.41) is 0.968. The Morgan fingerprint density at radius 3 is 2.35 bits per heavy atom. The molecule has 0 unspecified atom stereocenters. The summed E-state index contributed by atoms with van der Waals surface area (Å²) < 4.78 is 12.0. The molecule has 1 aliphatic heterocycles. The Bertz CT molecular complexity index is 469. The first-order valence-electron chi connectivity index (χ1n) is 6.90. The highest BCUT2D eigenvalue weighted by atomic mass is 79.9. The normalized spacial score (nSPS) is 20.8. The number of aromatic nitrogens is 1. The number of halogens is 1. The van der Waals surface area contributed by atoms with Gasteiger partial charge in [-0.25, -0.2) is 0 Å². The third-order valence-electron chi connectivity index (χ3n) is 3.90. The Balaban J connectivity index is 2.08. The minimum atomic E-state index is -0.340. The Hall–Kier alpha value is -0.645. The molecule has 0 aromatic carbocycles. The van der Waals surface area contributed by atoms with Gasteiger partial charge in [-0.05, 0) is 46.3 Å². The standard InChI is InChI=1S/C15H21BBrNO2/c1-14(2)15(3,4)20-16(19-14)12-8-9-13(18-11-12)7-5-6-10-17/h5,7-9,11H,6,10H2,1-4H3. The average Bonchev–Trinajstić information content (AvgIpc) is 2.60. The molecule has 0 amide bonds. The number of pyridine rings is 1. The second kappa shape index (κ2) is 6.00. The summed E-state index contributed by atoms with van der Waals surface area (Å²) in [4.78, 5) is 4.43. The van der Waals surface area contributed by atoms with E-state index in [4.69, 9.17) is 9.31 Å². The van der Waals surface area contributed by atoms with Crippen LogP contribution < -0.4 is 5.46 Å². The summed E-state index contributed by atoms with van der Waals surface area (Å²) in [6.07, 6.45) is 6.96. The largest absolute Gasteiger partial charge is 0.496 e. The van der Waals surface area contributed by atoms with Gasteiger partial charge in [0, 0.05) is 17.0 Å². The third-order valence-corrected chi connectivity index (χ3v) is 4.36. The molecule has 0 N–H and O–H groups in total. The van der Waals surface area contributed by atoms with E-state index in [1.54, 1.807) is 0 Å². The molecule has 2 heterocycles. The number of allylic oxidation sites excluding steroid dienone is 1. The summed E-state index contributed by atoms with van der Waals surface area (Å²) in [6, 6.07) is 4.01. The second-order valence-electron chi connectivity index (χ2n) is 5.98. The van der Waals surface area contributed by atoms with Crippen molar-refractivity contribution in [2.75, 3.05) is 5.33 Å². The molecule has 0 saturated carbocycles. The van der Waals surface area contributed by atoms with E-state index in [2.05, 4.69) is 54.7 Å². The van der Waals surface area contributed by atoms with Crippen molar-refractivity contribution in [2.45, 2.75) is 45.3 Å². The van der Waals surface area contributed by atoms with E-state index in [-0.39, 0.29) is 18.3 Å². The van der Waals surface area contributed by atoms with Gasteiger partial charge in [-0.1, -0.05) is 28.1 Å². The van der Waals surface area contributed by atoms with Crippen LogP contribution in [-0.2, 0) is 9.31 Å². The molecular weight excluding hydrogens is 317 g/mol. The lowest BCUT2D eigenvalue weighted by molar-refractivity contribution is 0.00578. The van der Waals surface area contributed by atoms with Gasteiger partial charge in [0.25, 0.3) is 0 Å². The molecule has 0 aliphatic carbocycles. The van der Waals surface area contributed by atoms with Gasteiger partial charge in [0.15, 0.2) is 0 Å². The molecule has 0 spiro atoms. The molecule has 1 aliphatic rings. The molecule has 108 valence electrons. The van der Waals surface area contributed by atoms with E-state index in [1.165, 1.54) is 0 Å². The second-order valence-corrected chi connectivity index (χ2v) is 6.78. The Morgan fingerprint density at radius 2 is 1.85 bits per heavy atom. The zero-order valence-corrected chi connectivity index (χ0v) is 14.1. The van der Waals surface area contributed by atoms with Gasteiger partial charge in [0.1, 0.15) is 0 Å². The summed E-state index contributed by atoms with van der Waals surface area (Å²) >= 11 is 3.40. The number of hydrogen-bond acceptors (Lipinski definition) is 3. The van der Waals surface area contributed by atoms with Crippen LogP contribution in [0.25, 0.3) is 6.08 Å². The fraction of sp³-hybridized carbons (Fsp3) is 0.533. The molecule has 3 nitrogen and oxygen atoms in total. The zero-order valence-electron chi connectivity index (χ0n) is 12.5. The molecule has 1 aromatic heterocycles. The quantitative estimate of drug-likeness (QED) is 0.624. The van der Waals surface area contributed by atoms with E-state index in [1.807, 2.05) is 24.4 Å². The lowest BCUT2D eigenvalue weighted by atomic mass is 9.80. The zero-order chi connectivity index (χ0) is 14.8. The van der Waals surface area contributed by atoms with Crippen molar-refractivity contribution in [3.8, 4) is 0 Å². The van der Waals surface area contributed by atoms with Crippen LogP contribution >= 0.6 is 15.9 Å². The predicted molar refractivity (Wildman–Crippen MR) is 87.4 cm³/mol. The van der Waals surface area contributed by atoms with Crippen LogP contribution in [0.1, 0.15) is 39.8 Å². The Morgan fingerprint density at radius 1 is 1.20 bits per heavy atom. The summed E-state index contributed by atoms with van der Waals surface area (Å²) in [5.74, 6) is 0. The van der Waals surface area contributed by atoms with Crippen molar-refractivity contribution >= 4 is 34.6 Å².